The van der Waals surface area contributed by atoms with Crippen LogP contribution in [0.2, 0.25) is 0 Å². The first-order chi connectivity index (χ1) is 13.5. The molecule has 0 aromatic carbocycles. The Morgan fingerprint density at radius 1 is 1.29 bits per heavy atom. The minimum Gasteiger partial charge on any atom is -0.350 e. The van der Waals surface area contributed by atoms with Crippen molar-refractivity contribution < 1.29 is 4.79 Å². The van der Waals surface area contributed by atoms with Crippen LogP contribution in [0.5, 0.6) is 0 Å². The van der Waals surface area contributed by atoms with Crippen LogP contribution in [0.15, 0.2) is 17.2 Å². The van der Waals surface area contributed by atoms with Crippen molar-refractivity contribution >= 4 is 22.2 Å². The van der Waals surface area contributed by atoms with Gasteiger partial charge in [-0.25, -0.2) is 4.98 Å². The van der Waals surface area contributed by atoms with Crippen molar-refractivity contribution in [1.29, 1.82) is 0 Å². The Kier molecular flexibility index (Phi) is 5.56. The molecule has 4 rings (SSSR count). The second-order valence-electron chi connectivity index (χ2n) is 8.61. The van der Waals surface area contributed by atoms with E-state index in [-0.39, 0.29) is 22.6 Å². The fourth-order valence-corrected chi connectivity index (χ4v) is 5.55. The maximum atomic E-state index is 12.9. The van der Waals surface area contributed by atoms with E-state index in [0.29, 0.717) is 11.5 Å². The molecule has 1 saturated carbocycles. The summed E-state index contributed by atoms with van der Waals surface area (Å²) in [6.07, 6.45) is 11.6. The van der Waals surface area contributed by atoms with Gasteiger partial charge in [-0.2, -0.15) is 0 Å². The van der Waals surface area contributed by atoms with Crippen LogP contribution in [0, 0.1) is 12.8 Å². The zero-order valence-corrected chi connectivity index (χ0v) is 17.7. The fraction of sp³-hybridized carbons (Fsp3) is 0.667. The van der Waals surface area contributed by atoms with Crippen molar-refractivity contribution in [3.63, 3.8) is 0 Å². The molecule has 1 saturated heterocycles. The highest BCUT2D eigenvalue weighted by molar-refractivity contribution is 7.16. The molecular formula is C21H30N4O2S. The second kappa shape index (κ2) is 7.95. The van der Waals surface area contributed by atoms with Gasteiger partial charge in [0.1, 0.15) is 5.56 Å². The SMILES string of the molecule is Cc1cn2c(=O)c(C(=O)NCC3(N4CCCCC4)CCC(C)CC3)cnc2s1. The highest BCUT2D eigenvalue weighted by Gasteiger charge is 2.40. The van der Waals surface area contributed by atoms with E-state index in [2.05, 4.69) is 22.1 Å². The molecule has 1 aliphatic heterocycles. The van der Waals surface area contributed by atoms with Gasteiger partial charge < -0.3 is 5.32 Å². The van der Waals surface area contributed by atoms with Gasteiger partial charge in [-0.1, -0.05) is 13.3 Å². The number of carbonyl (C=O) groups is 1. The summed E-state index contributed by atoms with van der Waals surface area (Å²) in [6.45, 7) is 7.11. The first kappa shape index (κ1) is 19.6. The zero-order valence-electron chi connectivity index (χ0n) is 16.9. The highest BCUT2D eigenvalue weighted by Crippen LogP contribution is 2.37. The summed E-state index contributed by atoms with van der Waals surface area (Å²) in [5.74, 6) is 0.456. The molecular weight excluding hydrogens is 372 g/mol. The molecule has 2 aliphatic rings. The molecule has 28 heavy (non-hydrogen) atoms. The number of thiazole rings is 1. The summed E-state index contributed by atoms with van der Waals surface area (Å²) >= 11 is 1.45. The number of amides is 1. The summed E-state index contributed by atoms with van der Waals surface area (Å²) in [7, 11) is 0. The number of nitrogens with one attached hydrogen (secondary N) is 1. The minimum atomic E-state index is -0.300. The summed E-state index contributed by atoms with van der Waals surface area (Å²) < 4.78 is 1.48. The maximum Gasteiger partial charge on any atom is 0.271 e. The summed E-state index contributed by atoms with van der Waals surface area (Å²) in [4.78, 5) is 34.1. The monoisotopic (exact) mass is 402 g/mol. The summed E-state index contributed by atoms with van der Waals surface area (Å²) in [5, 5.41) is 3.10. The normalized spacial score (nSPS) is 26.4. The van der Waals surface area contributed by atoms with E-state index in [1.54, 1.807) is 6.20 Å². The Morgan fingerprint density at radius 3 is 2.71 bits per heavy atom. The lowest BCUT2D eigenvalue weighted by Gasteiger charge is -2.49. The molecule has 0 unspecified atom stereocenters. The largest absolute Gasteiger partial charge is 0.350 e. The van der Waals surface area contributed by atoms with Gasteiger partial charge in [0.15, 0.2) is 4.96 Å². The fourth-order valence-electron chi connectivity index (χ4n) is 4.76. The van der Waals surface area contributed by atoms with Gasteiger partial charge in [-0.15, -0.1) is 11.3 Å². The van der Waals surface area contributed by atoms with Crippen molar-refractivity contribution in [2.75, 3.05) is 19.6 Å². The van der Waals surface area contributed by atoms with Crippen molar-refractivity contribution in [2.45, 2.75) is 64.3 Å². The van der Waals surface area contributed by atoms with Crippen LogP contribution in [0.4, 0.5) is 0 Å². The van der Waals surface area contributed by atoms with E-state index < -0.39 is 0 Å². The molecule has 0 bridgehead atoms. The first-order valence-corrected chi connectivity index (χ1v) is 11.3. The Labute approximate surface area is 170 Å². The molecule has 2 aromatic heterocycles. The predicted molar refractivity (Wildman–Crippen MR) is 112 cm³/mol. The molecule has 0 atom stereocenters. The Morgan fingerprint density at radius 2 is 2.00 bits per heavy atom. The topological polar surface area (TPSA) is 66.7 Å². The molecule has 6 nitrogen and oxygen atoms in total. The predicted octanol–water partition coefficient (Wildman–Crippen LogP) is 3.23. The van der Waals surface area contributed by atoms with Gasteiger partial charge in [-0.3, -0.25) is 18.9 Å². The molecule has 3 heterocycles. The Bertz CT molecular complexity index is 905. The quantitative estimate of drug-likeness (QED) is 0.853. The van der Waals surface area contributed by atoms with Crippen molar-refractivity contribution in [3.05, 3.63) is 33.2 Å². The standard InChI is InChI=1S/C21H30N4O2S/c1-15-6-8-21(9-7-15,24-10-4-3-5-11-24)14-23-18(26)17-12-22-20-25(19(17)27)13-16(2)28-20/h12-13,15H,3-11,14H2,1-2H3,(H,23,26). The summed E-state index contributed by atoms with van der Waals surface area (Å²) in [5.41, 5.74) is -0.112. The molecule has 2 aromatic rings. The third-order valence-corrected chi connectivity index (χ3v) is 7.49. The third-order valence-electron chi connectivity index (χ3n) is 6.58. The van der Waals surface area contributed by atoms with Crippen LogP contribution < -0.4 is 10.9 Å². The van der Waals surface area contributed by atoms with Gasteiger partial charge in [0, 0.05) is 29.4 Å². The van der Waals surface area contributed by atoms with Crippen LogP contribution in [-0.2, 0) is 0 Å². The number of nitrogens with zero attached hydrogens (tertiary/aromatic N) is 3. The van der Waals surface area contributed by atoms with Crippen LogP contribution in [0.25, 0.3) is 4.96 Å². The lowest BCUT2D eigenvalue weighted by molar-refractivity contribution is 0.0229. The molecule has 1 amide bonds. The number of likely N-dealkylation sites (tertiary alicyclic amines) is 1. The van der Waals surface area contributed by atoms with Crippen LogP contribution in [0.3, 0.4) is 0 Å². The average Bonchev–Trinajstić information content (AvgIpc) is 3.10. The van der Waals surface area contributed by atoms with Crippen LogP contribution >= 0.6 is 11.3 Å². The first-order valence-electron chi connectivity index (χ1n) is 10.5. The smallest absolute Gasteiger partial charge is 0.271 e. The van der Waals surface area contributed by atoms with Gasteiger partial charge in [0.2, 0.25) is 0 Å². The highest BCUT2D eigenvalue weighted by atomic mass is 32.1. The minimum absolute atomic E-state index is 0.0370. The Balaban J connectivity index is 1.53. The van der Waals surface area contributed by atoms with E-state index >= 15 is 0 Å². The van der Waals surface area contributed by atoms with Gasteiger partial charge in [-0.05, 0) is 64.5 Å². The van der Waals surface area contributed by atoms with Gasteiger partial charge in [0.25, 0.3) is 11.5 Å². The number of carbonyl (C=O) groups excluding carboxylic acids is 1. The number of hydrogen-bond donors (Lipinski definition) is 1. The second-order valence-corrected chi connectivity index (χ2v) is 9.82. The van der Waals surface area contributed by atoms with E-state index in [1.807, 2.05) is 6.92 Å². The maximum absolute atomic E-state index is 12.9. The number of piperidine rings is 1. The number of fused-ring (bicyclic) bond motifs is 1. The van der Waals surface area contributed by atoms with E-state index in [1.165, 1.54) is 54.0 Å². The lowest BCUT2D eigenvalue weighted by Crippen LogP contribution is -2.58. The van der Waals surface area contributed by atoms with Gasteiger partial charge >= 0.3 is 0 Å². The number of hydrogen-bond acceptors (Lipinski definition) is 5. The van der Waals surface area contributed by atoms with Gasteiger partial charge in [0.05, 0.1) is 0 Å². The van der Waals surface area contributed by atoms with E-state index in [0.717, 1.165) is 36.7 Å². The third kappa shape index (κ3) is 3.74. The zero-order chi connectivity index (χ0) is 19.7. The van der Waals surface area contributed by atoms with Crippen LogP contribution in [-0.4, -0.2) is 45.4 Å². The number of aromatic nitrogens is 2. The molecule has 1 aliphatic carbocycles. The van der Waals surface area contributed by atoms with E-state index in [9.17, 15) is 9.59 Å². The molecule has 1 N–H and O–H groups in total. The molecule has 0 radical (unpaired) electrons. The van der Waals surface area contributed by atoms with Crippen molar-refractivity contribution in [2.24, 2.45) is 5.92 Å². The molecule has 0 spiro atoms. The van der Waals surface area contributed by atoms with Crippen molar-refractivity contribution in [3.8, 4) is 0 Å². The number of rotatable bonds is 4. The van der Waals surface area contributed by atoms with Crippen LogP contribution in [0.1, 0.15) is 67.1 Å². The Hall–Kier alpha value is -1.73. The molecule has 7 heteroatoms. The van der Waals surface area contributed by atoms with Crippen molar-refractivity contribution in [1.82, 2.24) is 19.6 Å². The van der Waals surface area contributed by atoms with E-state index in [4.69, 9.17) is 0 Å². The number of aryl methyl sites for hydroxylation is 1. The average molecular weight is 403 g/mol. The molecule has 2 fully saturated rings. The summed E-state index contributed by atoms with van der Waals surface area (Å²) in [6, 6.07) is 0. The molecule has 152 valence electrons. The lowest BCUT2D eigenvalue weighted by atomic mass is 9.75.